The minimum Gasteiger partial charge on any atom is -0.376 e. The van der Waals surface area contributed by atoms with Crippen LogP contribution in [0.1, 0.15) is 118 Å². The summed E-state index contributed by atoms with van der Waals surface area (Å²) in [6, 6.07) is 0. The first-order valence-corrected chi connectivity index (χ1v) is 12.0. The molecule has 0 saturated heterocycles. The van der Waals surface area contributed by atoms with Crippen molar-refractivity contribution in [1.82, 2.24) is 0 Å². The monoisotopic (exact) mass is 396 g/mol. The Morgan fingerprint density at radius 3 is 1.23 bits per heavy atom. The highest BCUT2D eigenvalue weighted by Gasteiger charge is 2.08. The number of hydrogen-bond donors (Lipinski definition) is 2. The van der Waals surface area contributed by atoms with E-state index in [9.17, 15) is 0 Å². The van der Waals surface area contributed by atoms with Gasteiger partial charge >= 0.3 is 10.4 Å². The van der Waals surface area contributed by atoms with Gasteiger partial charge in [-0.3, -0.25) is 9.11 Å². The minimum absolute atomic E-state index is 0.450. The summed E-state index contributed by atoms with van der Waals surface area (Å²) in [5.74, 6) is 0. The average Bonchev–Trinajstić information content (AvgIpc) is 2.52. The zero-order chi connectivity index (χ0) is 20.3. The van der Waals surface area contributed by atoms with E-state index in [1.807, 2.05) is 0 Å². The normalized spacial score (nSPS) is 13.8. The highest BCUT2D eigenvalue weighted by Crippen LogP contribution is 2.15. The largest absolute Gasteiger partial charge is 0.394 e. The van der Waals surface area contributed by atoms with Crippen molar-refractivity contribution in [1.29, 1.82) is 0 Å². The van der Waals surface area contributed by atoms with E-state index in [1.165, 1.54) is 89.9 Å². The molecule has 5 nitrogen and oxygen atoms in total. The van der Waals surface area contributed by atoms with Crippen LogP contribution >= 0.6 is 0 Å². The van der Waals surface area contributed by atoms with Gasteiger partial charge in [0, 0.05) is 0 Å². The van der Waals surface area contributed by atoms with E-state index in [4.69, 9.17) is 22.3 Å². The first-order valence-electron chi connectivity index (χ1n) is 10.6. The van der Waals surface area contributed by atoms with Gasteiger partial charge in [-0.1, -0.05) is 90.9 Å². The zero-order valence-electron chi connectivity index (χ0n) is 17.6. The van der Waals surface area contributed by atoms with Gasteiger partial charge < -0.3 is 4.74 Å². The fraction of sp³-hybridized carbons (Fsp3) is 1.00. The molecule has 0 saturated carbocycles. The molecule has 0 aliphatic carbocycles. The molecule has 0 spiro atoms. The van der Waals surface area contributed by atoms with E-state index >= 15 is 0 Å². The third-order valence-corrected chi connectivity index (χ3v) is 4.39. The lowest BCUT2D eigenvalue weighted by Gasteiger charge is -2.19. The lowest BCUT2D eigenvalue weighted by molar-refractivity contribution is -0.00232. The number of hydrogen-bond acceptors (Lipinski definition) is 3. The van der Waals surface area contributed by atoms with E-state index in [0.717, 1.165) is 0 Å². The van der Waals surface area contributed by atoms with Crippen LogP contribution < -0.4 is 0 Å². The van der Waals surface area contributed by atoms with Crippen LogP contribution in [0.5, 0.6) is 0 Å². The first kappa shape index (κ1) is 28.0. The third kappa shape index (κ3) is 31.6. The summed E-state index contributed by atoms with van der Waals surface area (Å²) >= 11 is 0. The fourth-order valence-electron chi connectivity index (χ4n) is 2.96. The van der Waals surface area contributed by atoms with Crippen molar-refractivity contribution in [3.8, 4) is 0 Å². The standard InChI is InChI=1S/C20H42O.H2O4S/c1-5-7-9-11-13-15-17-19(3)21-20(4)18-16-14-12-10-8-6-2;1-5(2,3)4/h19-20H,5-18H2,1-4H3;(H2,1,2,3,4). The summed E-state index contributed by atoms with van der Waals surface area (Å²) in [6.07, 6.45) is 20.0. The van der Waals surface area contributed by atoms with Gasteiger partial charge in [0.25, 0.3) is 0 Å². The second-order valence-corrected chi connectivity index (χ2v) is 8.21. The van der Waals surface area contributed by atoms with Gasteiger partial charge in [-0.2, -0.15) is 8.42 Å². The van der Waals surface area contributed by atoms with Crippen LogP contribution in [-0.2, 0) is 15.1 Å². The van der Waals surface area contributed by atoms with Crippen molar-refractivity contribution in [2.24, 2.45) is 0 Å². The van der Waals surface area contributed by atoms with Crippen molar-refractivity contribution in [2.75, 3.05) is 0 Å². The molecule has 0 rings (SSSR count). The summed E-state index contributed by atoms with van der Waals surface area (Å²) in [5.41, 5.74) is 0. The Hall–Kier alpha value is -0.170. The summed E-state index contributed by atoms with van der Waals surface area (Å²) in [7, 11) is -4.67. The van der Waals surface area contributed by atoms with Gasteiger partial charge in [-0.25, -0.2) is 0 Å². The van der Waals surface area contributed by atoms with Crippen LogP contribution in [0.3, 0.4) is 0 Å². The lowest BCUT2D eigenvalue weighted by atomic mass is 10.1. The predicted octanol–water partition coefficient (Wildman–Crippen LogP) is 6.63. The molecule has 0 aliphatic heterocycles. The number of unbranched alkanes of at least 4 members (excludes halogenated alkanes) is 10. The zero-order valence-corrected chi connectivity index (χ0v) is 18.4. The molecule has 0 aromatic heterocycles. The molecule has 0 radical (unpaired) electrons. The average molecular weight is 397 g/mol. The Bertz CT molecular complexity index is 342. The quantitative estimate of drug-likeness (QED) is 0.226. The van der Waals surface area contributed by atoms with Gasteiger partial charge in [0.2, 0.25) is 0 Å². The van der Waals surface area contributed by atoms with Gasteiger partial charge in [-0.05, 0) is 26.7 Å². The molecule has 6 heteroatoms. The maximum absolute atomic E-state index is 8.74. The van der Waals surface area contributed by atoms with Gasteiger partial charge in [0.1, 0.15) is 0 Å². The maximum atomic E-state index is 8.74. The van der Waals surface area contributed by atoms with E-state index < -0.39 is 10.4 Å². The first-order chi connectivity index (χ1) is 12.2. The minimum atomic E-state index is -4.67. The van der Waals surface area contributed by atoms with Crippen molar-refractivity contribution in [3.05, 3.63) is 0 Å². The second kappa shape index (κ2) is 19.6. The summed E-state index contributed by atoms with van der Waals surface area (Å²) in [4.78, 5) is 0. The Labute approximate surface area is 162 Å². The summed E-state index contributed by atoms with van der Waals surface area (Å²) in [6.45, 7) is 9.07. The van der Waals surface area contributed by atoms with Crippen LogP contribution in [0.4, 0.5) is 0 Å². The van der Waals surface area contributed by atoms with E-state index in [0.29, 0.717) is 12.2 Å². The summed E-state index contributed by atoms with van der Waals surface area (Å²) < 4.78 is 37.7. The molecule has 0 aromatic carbocycles. The van der Waals surface area contributed by atoms with Gasteiger partial charge in [0.15, 0.2) is 0 Å². The van der Waals surface area contributed by atoms with Crippen LogP contribution in [0.15, 0.2) is 0 Å². The Kier molecular flexibility index (Phi) is 21.1. The van der Waals surface area contributed by atoms with E-state index in [2.05, 4.69) is 27.7 Å². The molecule has 2 unspecified atom stereocenters. The maximum Gasteiger partial charge on any atom is 0.394 e. The molecule has 0 bridgehead atoms. The van der Waals surface area contributed by atoms with Crippen molar-refractivity contribution in [2.45, 2.75) is 130 Å². The Morgan fingerprint density at radius 2 is 0.923 bits per heavy atom. The molecule has 0 fully saturated rings. The SMILES string of the molecule is CCCCCCCCC(C)OC(C)CCCCCCCC.O=S(=O)(O)O. The number of ether oxygens (including phenoxy) is 1. The molecule has 26 heavy (non-hydrogen) atoms. The molecule has 2 atom stereocenters. The van der Waals surface area contributed by atoms with Crippen LogP contribution in [-0.4, -0.2) is 29.7 Å². The van der Waals surface area contributed by atoms with Crippen molar-refractivity contribution >= 4 is 10.4 Å². The highest BCUT2D eigenvalue weighted by atomic mass is 32.3. The van der Waals surface area contributed by atoms with Crippen LogP contribution in [0.25, 0.3) is 0 Å². The summed E-state index contributed by atoms with van der Waals surface area (Å²) in [5, 5.41) is 0. The molecule has 0 amide bonds. The molecule has 2 N–H and O–H groups in total. The molecule has 0 aromatic rings. The third-order valence-electron chi connectivity index (χ3n) is 4.39. The number of rotatable bonds is 16. The lowest BCUT2D eigenvalue weighted by Crippen LogP contribution is -2.17. The van der Waals surface area contributed by atoms with Crippen molar-refractivity contribution < 1.29 is 22.3 Å². The fourth-order valence-corrected chi connectivity index (χ4v) is 2.96. The molecular weight excluding hydrogens is 352 g/mol. The van der Waals surface area contributed by atoms with Gasteiger partial charge in [0.05, 0.1) is 12.2 Å². The highest BCUT2D eigenvalue weighted by molar-refractivity contribution is 7.79. The molecule has 0 heterocycles. The topological polar surface area (TPSA) is 83.8 Å². The predicted molar refractivity (Wildman–Crippen MR) is 110 cm³/mol. The van der Waals surface area contributed by atoms with Gasteiger partial charge in [-0.15, -0.1) is 0 Å². The Morgan fingerprint density at radius 1 is 0.654 bits per heavy atom. The van der Waals surface area contributed by atoms with Crippen molar-refractivity contribution in [3.63, 3.8) is 0 Å². The Balaban J connectivity index is 0. The van der Waals surface area contributed by atoms with E-state index in [1.54, 1.807) is 0 Å². The molecular formula is C20H44O5S. The smallest absolute Gasteiger partial charge is 0.376 e. The van der Waals surface area contributed by atoms with Crippen LogP contribution in [0, 0.1) is 0 Å². The second-order valence-electron chi connectivity index (χ2n) is 7.32. The van der Waals surface area contributed by atoms with E-state index in [-0.39, 0.29) is 0 Å². The molecule has 0 aliphatic rings. The van der Waals surface area contributed by atoms with Crippen LogP contribution in [0.2, 0.25) is 0 Å². The molecule has 160 valence electrons.